The van der Waals surface area contributed by atoms with Gasteiger partial charge in [-0.3, -0.25) is 0 Å². The van der Waals surface area contributed by atoms with Crippen molar-refractivity contribution < 1.29 is 9.47 Å². The number of nitriles is 1. The fourth-order valence-electron chi connectivity index (χ4n) is 2.58. The molecule has 0 bridgehead atoms. The highest BCUT2D eigenvalue weighted by molar-refractivity contribution is 7.11. The summed E-state index contributed by atoms with van der Waals surface area (Å²) in [6, 6.07) is 13.9. The van der Waals surface area contributed by atoms with E-state index in [1.165, 1.54) is 24.0 Å². The largest absolute Gasteiger partial charge is 0.493 e. The van der Waals surface area contributed by atoms with E-state index in [-0.39, 0.29) is 0 Å². The molecule has 0 spiro atoms. The number of ether oxygens (including phenoxy) is 2. The quantitative estimate of drug-likeness (QED) is 0.507. The first-order valence-corrected chi connectivity index (χ1v) is 9.37. The number of methoxy groups -OCH3 is 2. The Kier molecular flexibility index (Phi) is 5.80. The van der Waals surface area contributed by atoms with Crippen molar-refractivity contribution in [3.05, 3.63) is 62.9 Å². The fraction of sp³-hybridized carbons (Fsp3) is 0.143. The van der Waals surface area contributed by atoms with Crippen molar-refractivity contribution in [1.82, 2.24) is 4.98 Å². The number of halogens is 1. The van der Waals surface area contributed by atoms with Crippen LogP contribution in [0.5, 0.6) is 11.5 Å². The minimum absolute atomic E-state index is 0.417. The van der Waals surface area contributed by atoms with E-state index in [0.29, 0.717) is 27.1 Å². The molecule has 0 radical (unpaired) electrons. The van der Waals surface area contributed by atoms with Crippen LogP contribution in [0, 0.1) is 18.3 Å². The molecule has 0 aliphatic carbocycles. The summed E-state index contributed by atoms with van der Waals surface area (Å²) >= 11 is 7.68. The Morgan fingerprint density at radius 2 is 1.93 bits per heavy atom. The summed E-state index contributed by atoms with van der Waals surface area (Å²) in [4.78, 5) is 4.62. The molecule has 4 nitrogen and oxygen atoms in total. The summed E-state index contributed by atoms with van der Waals surface area (Å²) in [5.41, 5.74) is 4.26. The zero-order chi connectivity index (χ0) is 19.4. The lowest BCUT2D eigenvalue weighted by atomic mass is 10.1. The molecule has 0 atom stereocenters. The van der Waals surface area contributed by atoms with E-state index in [0.717, 1.165) is 16.8 Å². The molecule has 2 aromatic carbocycles. The summed E-state index contributed by atoms with van der Waals surface area (Å²) in [6.07, 6.45) is 1.74. The standard InChI is InChI=1S/C21H17ClN2O2S/c1-13-4-6-15(7-5-13)18-12-27-21(24-18)16(11-23)8-14-9-17(22)20(26-3)19(10-14)25-2/h4-10,12H,1-3H3/b16-8+. The monoisotopic (exact) mass is 396 g/mol. The lowest BCUT2D eigenvalue weighted by molar-refractivity contribution is 0.355. The molecule has 0 amide bonds. The average Bonchev–Trinajstić information content (AvgIpc) is 3.16. The zero-order valence-corrected chi connectivity index (χ0v) is 16.7. The van der Waals surface area contributed by atoms with Gasteiger partial charge in [0, 0.05) is 10.9 Å². The molecule has 6 heteroatoms. The highest BCUT2D eigenvalue weighted by atomic mass is 35.5. The third-order valence-electron chi connectivity index (χ3n) is 3.97. The minimum Gasteiger partial charge on any atom is -0.493 e. The molecule has 3 aromatic rings. The van der Waals surface area contributed by atoms with Crippen LogP contribution >= 0.6 is 22.9 Å². The van der Waals surface area contributed by atoms with Gasteiger partial charge in [-0.2, -0.15) is 5.26 Å². The van der Waals surface area contributed by atoms with Crippen LogP contribution in [-0.4, -0.2) is 19.2 Å². The van der Waals surface area contributed by atoms with E-state index >= 15 is 0 Å². The predicted octanol–water partition coefficient (Wildman–Crippen LogP) is 5.85. The van der Waals surface area contributed by atoms with Crippen molar-refractivity contribution in [3.8, 4) is 28.8 Å². The van der Waals surface area contributed by atoms with Crippen LogP contribution in [0.15, 0.2) is 41.8 Å². The Balaban J connectivity index is 1.97. The van der Waals surface area contributed by atoms with E-state index in [1.807, 2.05) is 36.6 Å². The third-order valence-corrected chi connectivity index (χ3v) is 5.13. The Labute approximate surface area is 167 Å². The Morgan fingerprint density at radius 3 is 2.56 bits per heavy atom. The number of hydrogen-bond donors (Lipinski definition) is 0. The van der Waals surface area contributed by atoms with Gasteiger partial charge in [0.1, 0.15) is 11.1 Å². The molecule has 0 saturated heterocycles. The lowest BCUT2D eigenvalue weighted by Gasteiger charge is -2.10. The van der Waals surface area contributed by atoms with Crippen LogP contribution < -0.4 is 9.47 Å². The Bertz CT molecular complexity index is 1030. The zero-order valence-electron chi connectivity index (χ0n) is 15.1. The summed E-state index contributed by atoms with van der Waals surface area (Å²) in [5, 5.41) is 12.6. The van der Waals surface area contributed by atoms with Gasteiger partial charge >= 0.3 is 0 Å². The van der Waals surface area contributed by atoms with E-state index in [9.17, 15) is 5.26 Å². The molecule has 0 N–H and O–H groups in total. The van der Waals surface area contributed by atoms with Crippen molar-refractivity contribution in [2.45, 2.75) is 6.92 Å². The van der Waals surface area contributed by atoms with Crippen LogP contribution in [0.1, 0.15) is 16.1 Å². The number of rotatable bonds is 5. The molecule has 1 aromatic heterocycles. The molecule has 0 fully saturated rings. The Hall–Kier alpha value is -2.81. The van der Waals surface area contributed by atoms with Crippen molar-refractivity contribution in [2.75, 3.05) is 14.2 Å². The van der Waals surface area contributed by atoms with Crippen LogP contribution in [0.4, 0.5) is 0 Å². The molecule has 136 valence electrons. The van der Waals surface area contributed by atoms with Gasteiger partial charge in [-0.1, -0.05) is 41.4 Å². The summed E-state index contributed by atoms with van der Waals surface area (Å²) in [7, 11) is 3.07. The molecule has 0 saturated carbocycles. The van der Waals surface area contributed by atoms with Crippen molar-refractivity contribution >= 4 is 34.6 Å². The van der Waals surface area contributed by atoms with E-state index in [4.69, 9.17) is 21.1 Å². The van der Waals surface area contributed by atoms with E-state index < -0.39 is 0 Å². The van der Waals surface area contributed by atoms with Gasteiger partial charge in [-0.05, 0) is 30.7 Å². The van der Waals surface area contributed by atoms with E-state index in [2.05, 4.69) is 11.1 Å². The number of allylic oxidation sites excluding steroid dienone is 1. The Morgan fingerprint density at radius 1 is 1.19 bits per heavy atom. The number of aromatic nitrogens is 1. The number of hydrogen-bond acceptors (Lipinski definition) is 5. The van der Waals surface area contributed by atoms with Gasteiger partial charge in [-0.25, -0.2) is 4.98 Å². The van der Waals surface area contributed by atoms with E-state index in [1.54, 1.807) is 25.3 Å². The van der Waals surface area contributed by atoms with Crippen molar-refractivity contribution in [1.29, 1.82) is 5.26 Å². The maximum Gasteiger partial charge on any atom is 0.179 e. The fourth-order valence-corrected chi connectivity index (χ4v) is 3.67. The van der Waals surface area contributed by atoms with Crippen molar-refractivity contribution in [3.63, 3.8) is 0 Å². The summed E-state index contributed by atoms with van der Waals surface area (Å²) in [6.45, 7) is 2.04. The molecule has 0 aliphatic rings. The molecular weight excluding hydrogens is 380 g/mol. The smallest absolute Gasteiger partial charge is 0.179 e. The van der Waals surface area contributed by atoms with Crippen molar-refractivity contribution in [2.24, 2.45) is 0 Å². The number of aryl methyl sites for hydroxylation is 1. The van der Waals surface area contributed by atoms with Crippen LogP contribution in [0.2, 0.25) is 5.02 Å². The van der Waals surface area contributed by atoms with Crippen LogP contribution in [-0.2, 0) is 0 Å². The van der Waals surface area contributed by atoms with Crippen LogP contribution in [0.3, 0.4) is 0 Å². The average molecular weight is 397 g/mol. The predicted molar refractivity (Wildman–Crippen MR) is 110 cm³/mol. The molecule has 27 heavy (non-hydrogen) atoms. The summed E-state index contributed by atoms with van der Waals surface area (Å²) in [5.74, 6) is 0.971. The maximum absolute atomic E-state index is 9.61. The molecule has 0 aliphatic heterocycles. The normalized spacial score (nSPS) is 11.1. The third kappa shape index (κ3) is 4.13. The number of benzene rings is 2. The first-order chi connectivity index (χ1) is 13.0. The summed E-state index contributed by atoms with van der Waals surface area (Å²) < 4.78 is 10.6. The van der Waals surface area contributed by atoms with Gasteiger partial charge in [0.25, 0.3) is 0 Å². The highest BCUT2D eigenvalue weighted by Crippen LogP contribution is 2.37. The molecule has 1 heterocycles. The second-order valence-corrected chi connectivity index (χ2v) is 7.08. The first-order valence-electron chi connectivity index (χ1n) is 8.12. The van der Waals surface area contributed by atoms with Gasteiger partial charge in [-0.15, -0.1) is 11.3 Å². The SMILES string of the molecule is COc1cc(/C=C(\C#N)c2nc(-c3ccc(C)cc3)cs2)cc(Cl)c1OC. The molecule has 3 rings (SSSR count). The molecular formula is C21H17ClN2O2S. The first kappa shape index (κ1) is 19.0. The second-order valence-electron chi connectivity index (χ2n) is 5.81. The lowest BCUT2D eigenvalue weighted by Crippen LogP contribution is -1.92. The number of thiazole rings is 1. The van der Waals surface area contributed by atoms with Crippen LogP contribution in [0.25, 0.3) is 22.9 Å². The number of nitrogens with zero attached hydrogens (tertiary/aromatic N) is 2. The second kappa shape index (κ2) is 8.26. The van der Waals surface area contributed by atoms with Gasteiger partial charge < -0.3 is 9.47 Å². The minimum atomic E-state index is 0.417. The maximum atomic E-state index is 9.61. The highest BCUT2D eigenvalue weighted by Gasteiger charge is 2.13. The molecule has 0 unspecified atom stereocenters. The van der Waals surface area contributed by atoms with Gasteiger partial charge in [0.05, 0.1) is 30.5 Å². The van der Waals surface area contributed by atoms with Gasteiger partial charge in [0.2, 0.25) is 0 Å². The topological polar surface area (TPSA) is 55.1 Å². The van der Waals surface area contributed by atoms with Gasteiger partial charge in [0.15, 0.2) is 11.5 Å².